The molecule has 25 heavy (non-hydrogen) atoms. The summed E-state index contributed by atoms with van der Waals surface area (Å²) < 4.78 is 1.93. The van der Waals surface area contributed by atoms with E-state index in [9.17, 15) is 9.59 Å². The summed E-state index contributed by atoms with van der Waals surface area (Å²) in [5.74, 6) is -1.10. The van der Waals surface area contributed by atoms with Gasteiger partial charge in [-0.2, -0.15) is 5.10 Å². The maximum absolute atomic E-state index is 12.6. The molecule has 8 heteroatoms. The van der Waals surface area contributed by atoms with Crippen LogP contribution in [0.1, 0.15) is 12.8 Å². The first kappa shape index (κ1) is 15.4. The van der Waals surface area contributed by atoms with Crippen molar-refractivity contribution in [1.29, 1.82) is 0 Å². The molecule has 1 fully saturated rings. The van der Waals surface area contributed by atoms with Crippen LogP contribution >= 0.6 is 0 Å². The smallest absolute Gasteiger partial charge is 0.313 e. The Hall–Kier alpha value is -3.16. The van der Waals surface area contributed by atoms with Crippen LogP contribution in [-0.4, -0.2) is 49.0 Å². The zero-order chi connectivity index (χ0) is 17.2. The van der Waals surface area contributed by atoms with E-state index in [4.69, 9.17) is 0 Å². The standard InChI is InChI=1S/C17H18N6O2/c24-16(20-13-3-4-15-12(8-13)9-19-21-15)17(25)23-6-1-2-14(23)10-22-7-5-18-11-22/h3-5,7-9,11,14H,1-2,6,10H2,(H,19,21)(H,20,24)/t14-/m1/s1. The van der Waals surface area contributed by atoms with Crippen LogP contribution in [-0.2, 0) is 16.1 Å². The number of nitrogens with zero attached hydrogens (tertiary/aromatic N) is 4. The van der Waals surface area contributed by atoms with Crippen LogP contribution in [0.15, 0.2) is 43.1 Å². The predicted octanol–water partition coefficient (Wildman–Crippen LogP) is 1.39. The van der Waals surface area contributed by atoms with Gasteiger partial charge < -0.3 is 14.8 Å². The Balaban J connectivity index is 1.44. The van der Waals surface area contributed by atoms with Gasteiger partial charge in [-0.15, -0.1) is 0 Å². The molecule has 2 aromatic heterocycles. The predicted molar refractivity (Wildman–Crippen MR) is 91.7 cm³/mol. The summed E-state index contributed by atoms with van der Waals surface area (Å²) in [5.41, 5.74) is 1.46. The van der Waals surface area contributed by atoms with Gasteiger partial charge in [0.05, 0.1) is 24.1 Å². The average molecular weight is 338 g/mol. The Morgan fingerprint density at radius 2 is 2.28 bits per heavy atom. The van der Waals surface area contributed by atoms with Crippen molar-refractivity contribution < 1.29 is 9.59 Å². The average Bonchev–Trinajstić information content (AvgIpc) is 3.35. The van der Waals surface area contributed by atoms with Gasteiger partial charge in [-0.05, 0) is 31.0 Å². The molecular weight excluding hydrogens is 320 g/mol. The second kappa shape index (κ2) is 6.39. The third kappa shape index (κ3) is 3.10. The summed E-state index contributed by atoms with van der Waals surface area (Å²) >= 11 is 0. The molecule has 0 bridgehead atoms. The van der Waals surface area contributed by atoms with Gasteiger partial charge in [0.15, 0.2) is 0 Å². The maximum Gasteiger partial charge on any atom is 0.313 e. The van der Waals surface area contributed by atoms with Crippen LogP contribution in [0.25, 0.3) is 10.9 Å². The lowest BCUT2D eigenvalue weighted by atomic mass is 10.2. The summed E-state index contributed by atoms with van der Waals surface area (Å²) in [6.45, 7) is 1.26. The fourth-order valence-corrected chi connectivity index (χ4v) is 3.27. The van der Waals surface area contributed by atoms with Gasteiger partial charge >= 0.3 is 11.8 Å². The minimum Gasteiger partial charge on any atom is -0.335 e. The Kier molecular flexibility index (Phi) is 3.93. The van der Waals surface area contributed by atoms with Crippen LogP contribution in [0.4, 0.5) is 5.69 Å². The van der Waals surface area contributed by atoms with E-state index in [1.54, 1.807) is 35.8 Å². The van der Waals surface area contributed by atoms with Gasteiger partial charge in [-0.1, -0.05) is 0 Å². The van der Waals surface area contributed by atoms with Crippen LogP contribution in [0.3, 0.4) is 0 Å². The quantitative estimate of drug-likeness (QED) is 0.705. The molecule has 0 aliphatic carbocycles. The molecule has 0 spiro atoms. The molecule has 1 aliphatic rings. The SMILES string of the molecule is O=C(Nc1ccc2[nH]ncc2c1)C(=O)N1CCC[C@@H]1Cn1ccnc1. The molecule has 0 radical (unpaired) electrons. The van der Waals surface area contributed by atoms with E-state index >= 15 is 0 Å². The number of aromatic amines is 1. The summed E-state index contributed by atoms with van der Waals surface area (Å²) in [4.78, 5) is 30.6. The van der Waals surface area contributed by atoms with Gasteiger partial charge in [-0.3, -0.25) is 14.7 Å². The number of aromatic nitrogens is 4. The first-order chi connectivity index (χ1) is 12.2. The van der Waals surface area contributed by atoms with Crippen molar-refractivity contribution in [2.75, 3.05) is 11.9 Å². The lowest BCUT2D eigenvalue weighted by Crippen LogP contribution is -2.44. The normalized spacial score (nSPS) is 17.1. The zero-order valence-electron chi connectivity index (χ0n) is 13.6. The molecule has 3 aromatic rings. The minimum atomic E-state index is -0.611. The molecule has 4 rings (SSSR count). The lowest BCUT2D eigenvalue weighted by molar-refractivity contribution is -0.143. The second-order valence-corrected chi connectivity index (χ2v) is 6.18. The van der Waals surface area contributed by atoms with Gasteiger partial charge in [0.25, 0.3) is 0 Å². The van der Waals surface area contributed by atoms with Crippen molar-refractivity contribution in [2.24, 2.45) is 0 Å². The number of anilines is 1. The van der Waals surface area contributed by atoms with E-state index in [1.165, 1.54) is 0 Å². The highest BCUT2D eigenvalue weighted by atomic mass is 16.2. The molecule has 2 N–H and O–H groups in total. The number of likely N-dealkylation sites (tertiary alicyclic amines) is 1. The van der Waals surface area contributed by atoms with Crippen LogP contribution in [0.2, 0.25) is 0 Å². The van der Waals surface area contributed by atoms with E-state index in [1.807, 2.05) is 16.8 Å². The topological polar surface area (TPSA) is 95.9 Å². The van der Waals surface area contributed by atoms with Crippen LogP contribution in [0, 0.1) is 0 Å². The zero-order valence-corrected chi connectivity index (χ0v) is 13.6. The van der Waals surface area contributed by atoms with Crippen molar-refractivity contribution in [1.82, 2.24) is 24.6 Å². The van der Waals surface area contributed by atoms with Crippen molar-refractivity contribution >= 4 is 28.4 Å². The third-order valence-electron chi connectivity index (χ3n) is 4.51. The van der Waals surface area contributed by atoms with E-state index < -0.39 is 11.8 Å². The summed E-state index contributed by atoms with van der Waals surface area (Å²) in [5, 5.41) is 10.4. The number of carbonyl (C=O) groups is 2. The number of amides is 2. The summed E-state index contributed by atoms with van der Waals surface area (Å²) in [6.07, 6.45) is 8.76. The minimum absolute atomic E-state index is 0.0174. The molecule has 128 valence electrons. The monoisotopic (exact) mass is 338 g/mol. The van der Waals surface area contributed by atoms with E-state index in [2.05, 4.69) is 20.5 Å². The lowest BCUT2D eigenvalue weighted by Gasteiger charge is -2.24. The van der Waals surface area contributed by atoms with Crippen molar-refractivity contribution in [3.63, 3.8) is 0 Å². The number of nitrogens with one attached hydrogen (secondary N) is 2. The van der Waals surface area contributed by atoms with Gasteiger partial charge in [0.2, 0.25) is 0 Å². The number of carbonyl (C=O) groups excluding carboxylic acids is 2. The van der Waals surface area contributed by atoms with Crippen LogP contribution < -0.4 is 5.32 Å². The fraction of sp³-hybridized carbons (Fsp3) is 0.294. The number of hydrogen-bond acceptors (Lipinski definition) is 4. The largest absolute Gasteiger partial charge is 0.335 e. The number of imidazole rings is 1. The molecule has 1 aliphatic heterocycles. The number of fused-ring (bicyclic) bond motifs is 1. The van der Waals surface area contributed by atoms with Gasteiger partial charge in [0, 0.05) is 36.6 Å². The third-order valence-corrected chi connectivity index (χ3v) is 4.51. The Morgan fingerprint density at radius 3 is 3.12 bits per heavy atom. The summed E-state index contributed by atoms with van der Waals surface area (Å²) in [7, 11) is 0. The molecule has 8 nitrogen and oxygen atoms in total. The Labute approximate surface area is 143 Å². The molecule has 1 atom stereocenters. The molecule has 0 saturated carbocycles. The molecule has 2 amide bonds. The van der Waals surface area contributed by atoms with Gasteiger partial charge in [-0.25, -0.2) is 4.98 Å². The van der Waals surface area contributed by atoms with E-state index in [-0.39, 0.29) is 6.04 Å². The highest BCUT2D eigenvalue weighted by Crippen LogP contribution is 2.20. The first-order valence-electron chi connectivity index (χ1n) is 8.21. The molecule has 1 aromatic carbocycles. The van der Waals surface area contributed by atoms with E-state index in [0.29, 0.717) is 18.8 Å². The Bertz CT molecular complexity index is 901. The van der Waals surface area contributed by atoms with Crippen molar-refractivity contribution in [3.05, 3.63) is 43.1 Å². The first-order valence-corrected chi connectivity index (χ1v) is 8.21. The van der Waals surface area contributed by atoms with Gasteiger partial charge in [0.1, 0.15) is 0 Å². The molecule has 0 unspecified atom stereocenters. The second-order valence-electron chi connectivity index (χ2n) is 6.18. The highest BCUT2D eigenvalue weighted by molar-refractivity contribution is 6.39. The summed E-state index contributed by atoms with van der Waals surface area (Å²) in [6, 6.07) is 5.37. The number of H-pyrrole nitrogens is 1. The van der Waals surface area contributed by atoms with Crippen molar-refractivity contribution in [2.45, 2.75) is 25.4 Å². The van der Waals surface area contributed by atoms with Crippen molar-refractivity contribution in [3.8, 4) is 0 Å². The maximum atomic E-state index is 12.6. The fourth-order valence-electron chi connectivity index (χ4n) is 3.27. The molecular formula is C17H18N6O2. The number of hydrogen-bond donors (Lipinski definition) is 2. The highest BCUT2D eigenvalue weighted by Gasteiger charge is 2.32. The molecule has 1 saturated heterocycles. The van der Waals surface area contributed by atoms with Crippen LogP contribution in [0.5, 0.6) is 0 Å². The Morgan fingerprint density at radius 1 is 1.36 bits per heavy atom. The van der Waals surface area contributed by atoms with E-state index in [0.717, 1.165) is 23.7 Å². The molecule has 3 heterocycles. The number of benzene rings is 1. The number of rotatable bonds is 3.